The summed E-state index contributed by atoms with van der Waals surface area (Å²) in [7, 11) is 0. The van der Waals surface area contributed by atoms with E-state index >= 15 is 0 Å². The Morgan fingerprint density at radius 1 is 1.24 bits per heavy atom. The van der Waals surface area contributed by atoms with Gasteiger partial charge in [0.05, 0.1) is 23.7 Å². The van der Waals surface area contributed by atoms with Gasteiger partial charge >= 0.3 is 11.7 Å². The van der Waals surface area contributed by atoms with Crippen LogP contribution in [0.5, 0.6) is 0 Å². The molecule has 1 atom stereocenters. The van der Waals surface area contributed by atoms with E-state index in [0.29, 0.717) is 16.3 Å². The number of allylic oxidation sites excluding steroid dienone is 1. The fraction of sp³-hybridized carbons (Fsp3) is 0.235. The van der Waals surface area contributed by atoms with Crippen LogP contribution in [0, 0.1) is 0 Å². The lowest BCUT2D eigenvalue weighted by atomic mass is 9.82. The van der Waals surface area contributed by atoms with Crippen molar-refractivity contribution in [1.29, 1.82) is 0 Å². The van der Waals surface area contributed by atoms with E-state index in [1.54, 1.807) is 38.1 Å². The minimum atomic E-state index is -0.760. The van der Waals surface area contributed by atoms with Gasteiger partial charge in [-0.3, -0.25) is 14.8 Å². The van der Waals surface area contributed by atoms with E-state index in [1.165, 1.54) is 0 Å². The lowest BCUT2D eigenvalue weighted by molar-refractivity contribution is -0.138. The first-order valence-corrected chi connectivity index (χ1v) is 8.07. The monoisotopic (exact) mass is 361 g/mol. The Morgan fingerprint density at radius 3 is 2.64 bits per heavy atom. The number of ether oxygens (including phenoxy) is 1. The first-order chi connectivity index (χ1) is 11.9. The average molecular weight is 362 g/mol. The van der Waals surface area contributed by atoms with Gasteiger partial charge in [0, 0.05) is 10.7 Å². The second kappa shape index (κ2) is 6.60. The van der Waals surface area contributed by atoms with Crippen LogP contribution in [-0.2, 0) is 9.53 Å². The van der Waals surface area contributed by atoms with Crippen molar-refractivity contribution >= 4 is 23.4 Å². The van der Waals surface area contributed by atoms with Crippen molar-refractivity contribution in [1.82, 2.24) is 9.97 Å². The number of hydrogen-bond donors (Lipinski definition) is 3. The Bertz CT molecular complexity index is 990. The molecular weight excluding hydrogens is 346 g/mol. The van der Waals surface area contributed by atoms with E-state index in [1.807, 2.05) is 0 Å². The van der Waals surface area contributed by atoms with E-state index in [9.17, 15) is 14.4 Å². The summed E-state index contributed by atoms with van der Waals surface area (Å²) in [4.78, 5) is 41.4. The molecule has 1 aromatic carbocycles. The summed E-state index contributed by atoms with van der Waals surface area (Å²) in [6.45, 7) is 3.57. The summed E-state index contributed by atoms with van der Waals surface area (Å²) in [5, 5.41) is 3.31. The molecule has 8 heteroatoms. The number of nitrogens with one attached hydrogen (secondary N) is 3. The van der Waals surface area contributed by atoms with Crippen LogP contribution in [0.4, 0.5) is 5.82 Å². The lowest BCUT2D eigenvalue weighted by Gasteiger charge is -2.29. The highest BCUT2D eigenvalue weighted by Crippen LogP contribution is 2.41. The first-order valence-electron chi connectivity index (χ1n) is 7.69. The molecule has 1 aromatic heterocycles. The average Bonchev–Trinajstić information content (AvgIpc) is 2.53. The number of aromatic nitrogens is 2. The minimum Gasteiger partial charge on any atom is -0.463 e. The quantitative estimate of drug-likeness (QED) is 0.726. The molecule has 0 bridgehead atoms. The third-order valence-electron chi connectivity index (χ3n) is 3.98. The van der Waals surface area contributed by atoms with Crippen LogP contribution in [0.2, 0.25) is 5.02 Å². The smallest absolute Gasteiger partial charge is 0.336 e. The molecule has 0 saturated carbocycles. The zero-order valence-electron chi connectivity index (χ0n) is 13.6. The molecule has 0 saturated heterocycles. The number of fused-ring (bicyclic) bond motifs is 1. The van der Waals surface area contributed by atoms with Gasteiger partial charge in [-0.25, -0.2) is 9.59 Å². The van der Waals surface area contributed by atoms with Gasteiger partial charge in [0.2, 0.25) is 0 Å². The number of aromatic amines is 2. The molecule has 2 heterocycles. The fourth-order valence-electron chi connectivity index (χ4n) is 2.99. The van der Waals surface area contributed by atoms with Crippen molar-refractivity contribution in [3.05, 3.63) is 72.5 Å². The lowest BCUT2D eigenvalue weighted by Crippen LogP contribution is -2.35. The van der Waals surface area contributed by atoms with Gasteiger partial charge in [-0.15, -0.1) is 0 Å². The highest BCUT2D eigenvalue weighted by atomic mass is 35.5. The fourth-order valence-corrected chi connectivity index (χ4v) is 3.23. The Hall–Kier alpha value is -2.80. The van der Waals surface area contributed by atoms with Crippen molar-refractivity contribution in [2.45, 2.75) is 19.8 Å². The molecule has 25 heavy (non-hydrogen) atoms. The van der Waals surface area contributed by atoms with Crippen LogP contribution in [0.15, 0.2) is 45.1 Å². The number of carbonyl (C=O) groups is 1. The third-order valence-corrected chi connectivity index (χ3v) is 4.33. The Balaban J connectivity index is 2.32. The van der Waals surface area contributed by atoms with Crippen LogP contribution in [0.1, 0.15) is 30.9 Å². The van der Waals surface area contributed by atoms with E-state index < -0.39 is 23.1 Å². The Morgan fingerprint density at radius 2 is 1.96 bits per heavy atom. The topological polar surface area (TPSA) is 104 Å². The first kappa shape index (κ1) is 17.0. The number of rotatable bonds is 3. The molecule has 0 amide bonds. The highest BCUT2D eigenvalue weighted by Gasteiger charge is 2.36. The molecule has 3 N–H and O–H groups in total. The summed E-state index contributed by atoms with van der Waals surface area (Å²) in [5.41, 5.74) is 0.317. The molecule has 7 nitrogen and oxygen atoms in total. The van der Waals surface area contributed by atoms with E-state index in [4.69, 9.17) is 16.3 Å². The molecule has 1 aliphatic rings. The molecule has 0 fully saturated rings. The van der Waals surface area contributed by atoms with Crippen molar-refractivity contribution in [2.24, 2.45) is 0 Å². The standard InChI is InChI=1S/C17H16ClN3O4/c1-3-25-16(23)11-8(2)19-14-13(15(22)21-17(24)20-14)12(11)9-6-4-5-7-10(9)18/h4-7,12H,3H2,1-2H3,(H3,19,20,21,22,24)/t12-/m0/s1. The number of benzene rings is 1. The van der Waals surface area contributed by atoms with E-state index in [0.717, 1.165) is 0 Å². The maximum Gasteiger partial charge on any atom is 0.336 e. The number of halogens is 1. The zero-order valence-corrected chi connectivity index (χ0v) is 14.4. The zero-order chi connectivity index (χ0) is 18.1. The molecule has 130 valence electrons. The van der Waals surface area contributed by atoms with Gasteiger partial charge in [-0.2, -0.15) is 0 Å². The van der Waals surface area contributed by atoms with Gasteiger partial charge < -0.3 is 10.1 Å². The Kier molecular flexibility index (Phi) is 4.50. The van der Waals surface area contributed by atoms with E-state index in [-0.39, 0.29) is 23.6 Å². The van der Waals surface area contributed by atoms with Crippen molar-refractivity contribution in [3.8, 4) is 0 Å². The van der Waals surface area contributed by atoms with Crippen LogP contribution in [0.25, 0.3) is 0 Å². The summed E-state index contributed by atoms with van der Waals surface area (Å²) < 4.78 is 5.16. The summed E-state index contributed by atoms with van der Waals surface area (Å²) in [6, 6.07) is 6.93. The maximum atomic E-state index is 12.5. The molecule has 0 unspecified atom stereocenters. The molecule has 3 rings (SSSR count). The summed E-state index contributed by atoms with van der Waals surface area (Å²) in [6.07, 6.45) is 0. The second-order valence-corrected chi connectivity index (χ2v) is 5.94. The van der Waals surface area contributed by atoms with Gasteiger partial charge in [0.25, 0.3) is 5.56 Å². The Labute approximate surface area is 147 Å². The third kappa shape index (κ3) is 2.98. The maximum absolute atomic E-state index is 12.5. The SMILES string of the molecule is CCOC(=O)C1=C(C)Nc2[nH]c(=O)[nH]c(=O)c2[C@H]1c1ccccc1Cl. The van der Waals surface area contributed by atoms with Crippen molar-refractivity contribution in [2.75, 3.05) is 11.9 Å². The van der Waals surface area contributed by atoms with Crippen molar-refractivity contribution in [3.63, 3.8) is 0 Å². The number of hydrogen-bond acceptors (Lipinski definition) is 5. The van der Waals surface area contributed by atoms with Crippen LogP contribution >= 0.6 is 11.6 Å². The highest BCUT2D eigenvalue weighted by molar-refractivity contribution is 6.31. The summed E-state index contributed by atoms with van der Waals surface area (Å²) in [5.74, 6) is -1.07. The molecule has 0 aliphatic carbocycles. The van der Waals surface area contributed by atoms with Gasteiger partial charge in [-0.1, -0.05) is 29.8 Å². The molecule has 2 aromatic rings. The van der Waals surface area contributed by atoms with Crippen LogP contribution in [-0.4, -0.2) is 22.5 Å². The van der Waals surface area contributed by atoms with Gasteiger partial charge in [-0.05, 0) is 25.5 Å². The number of esters is 1. The minimum absolute atomic E-state index is 0.194. The predicted molar refractivity (Wildman–Crippen MR) is 93.9 cm³/mol. The second-order valence-electron chi connectivity index (χ2n) is 5.54. The summed E-state index contributed by atoms with van der Waals surface area (Å²) >= 11 is 6.32. The number of H-pyrrole nitrogens is 2. The number of anilines is 1. The van der Waals surface area contributed by atoms with Gasteiger partial charge in [0.15, 0.2) is 0 Å². The van der Waals surface area contributed by atoms with Crippen LogP contribution in [0.3, 0.4) is 0 Å². The molecule has 0 spiro atoms. The molecule has 0 radical (unpaired) electrons. The predicted octanol–water partition coefficient (Wildman–Crippen LogP) is 2.11. The van der Waals surface area contributed by atoms with Crippen molar-refractivity contribution < 1.29 is 9.53 Å². The molecular formula is C17H16ClN3O4. The van der Waals surface area contributed by atoms with Crippen LogP contribution < -0.4 is 16.6 Å². The van der Waals surface area contributed by atoms with Gasteiger partial charge in [0.1, 0.15) is 5.82 Å². The number of carbonyl (C=O) groups excluding carboxylic acids is 1. The van der Waals surface area contributed by atoms with E-state index in [2.05, 4.69) is 15.3 Å². The normalized spacial score (nSPS) is 16.2. The molecule has 1 aliphatic heterocycles. The largest absolute Gasteiger partial charge is 0.463 e.